The molecule has 10 heteroatoms. The number of ether oxygens (including phenoxy) is 2. The Morgan fingerprint density at radius 1 is 0.339 bits per heavy atom. The number of nitrogens with one attached hydrogen (secondary N) is 2. The summed E-state index contributed by atoms with van der Waals surface area (Å²) in [5, 5.41) is 9.65. The molecule has 1 aliphatic rings. The molecule has 2 N–H and O–H groups in total. The largest absolute Gasteiger partial charge is 0.457 e. The topological polar surface area (TPSA) is 117 Å². The van der Waals surface area contributed by atoms with E-state index in [1.807, 2.05) is 185 Å². The highest BCUT2D eigenvalue weighted by atomic mass is 16.5. The van der Waals surface area contributed by atoms with Crippen LogP contribution in [0.1, 0.15) is 27.7 Å². The number of fused-ring (bicyclic) bond motifs is 2. The van der Waals surface area contributed by atoms with Gasteiger partial charge >= 0.3 is 0 Å². The predicted molar refractivity (Wildman–Crippen MR) is 232 cm³/mol. The number of rotatable bonds is 8. The Morgan fingerprint density at radius 2 is 0.607 bits per heavy atom. The maximum atomic E-state index is 5.96. The van der Waals surface area contributed by atoms with Gasteiger partial charge < -0.3 is 9.47 Å². The summed E-state index contributed by atoms with van der Waals surface area (Å²) in [6.45, 7) is 7.65. The zero-order valence-corrected chi connectivity index (χ0v) is 31.5. The van der Waals surface area contributed by atoms with E-state index in [0.29, 0.717) is 57.0 Å². The first kappa shape index (κ1) is 36.9. The van der Waals surface area contributed by atoms with E-state index in [2.05, 4.69) is 10.9 Å². The molecule has 0 fully saturated rings. The molecule has 10 nitrogen and oxygen atoms in total. The van der Waals surface area contributed by atoms with Crippen molar-refractivity contribution in [3.63, 3.8) is 0 Å². The minimum Gasteiger partial charge on any atom is -0.457 e. The standard InChI is InChI=1S/C46H40N8O2/c1-31-45(53-51-35-23-27-39(28-24-35)55-37-15-7-5-8-16-37)32(2)48-43-21-13-14-22-44(43)50-34(4)46(33(3)49-42-20-12-11-19-41(42)47-31)54-52-36-25-29-40(30-26-36)56-38-17-9-6-10-18-38/h5-30,51-52H,1-4H3. The summed E-state index contributed by atoms with van der Waals surface area (Å²) in [6, 6.07) is 50.0. The van der Waals surface area contributed by atoms with Crippen LogP contribution in [0.2, 0.25) is 0 Å². The molecule has 0 aliphatic carbocycles. The van der Waals surface area contributed by atoms with Gasteiger partial charge in [-0.05, 0) is 125 Å². The van der Waals surface area contributed by atoms with Gasteiger partial charge in [0.05, 0.1) is 57.0 Å². The SMILES string of the molecule is CC1=Nc2ccccc2N=C(C)C(=NNc2ccc(Oc3ccccc3)cc2)C(C)=Nc2ccccc2N=C(C)C1=NNc1ccc(Oc2ccccc2)cc1. The van der Waals surface area contributed by atoms with Crippen molar-refractivity contribution in [2.45, 2.75) is 27.7 Å². The van der Waals surface area contributed by atoms with Crippen LogP contribution in [0.4, 0.5) is 34.1 Å². The lowest BCUT2D eigenvalue weighted by Gasteiger charge is -2.13. The number of para-hydroxylation sites is 6. The summed E-state index contributed by atoms with van der Waals surface area (Å²) >= 11 is 0. The highest BCUT2D eigenvalue weighted by molar-refractivity contribution is 6.69. The summed E-state index contributed by atoms with van der Waals surface area (Å²) in [7, 11) is 0. The van der Waals surface area contributed by atoms with Crippen LogP contribution in [0.5, 0.6) is 23.0 Å². The van der Waals surface area contributed by atoms with Gasteiger partial charge in [0.15, 0.2) is 0 Å². The van der Waals surface area contributed by atoms with Crippen LogP contribution in [0.25, 0.3) is 0 Å². The number of anilines is 2. The summed E-state index contributed by atoms with van der Waals surface area (Å²) in [5.41, 5.74) is 14.3. The maximum absolute atomic E-state index is 5.96. The number of hydrogen-bond acceptors (Lipinski definition) is 10. The second-order valence-electron chi connectivity index (χ2n) is 12.8. The quantitative estimate of drug-likeness (QED) is 0.151. The van der Waals surface area contributed by atoms with Crippen molar-refractivity contribution in [1.29, 1.82) is 0 Å². The molecule has 56 heavy (non-hydrogen) atoms. The van der Waals surface area contributed by atoms with E-state index in [4.69, 9.17) is 39.6 Å². The van der Waals surface area contributed by atoms with Crippen LogP contribution in [-0.4, -0.2) is 34.3 Å². The smallest absolute Gasteiger partial charge is 0.127 e. The molecule has 0 aromatic heterocycles. The van der Waals surface area contributed by atoms with Gasteiger partial charge in [-0.3, -0.25) is 10.9 Å². The third-order valence-electron chi connectivity index (χ3n) is 8.55. The van der Waals surface area contributed by atoms with E-state index >= 15 is 0 Å². The van der Waals surface area contributed by atoms with Crippen molar-refractivity contribution in [1.82, 2.24) is 0 Å². The molecule has 0 unspecified atom stereocenters. The van der Waals surface area contributed by atoms with Crippen LogP contribution in [0.3, 0.4) is 0 Å². The molecular weight excluding hydrogens is 697 g/mol. The predicted octanol–water partition coefficient (Wildman–Crippen LogP) is 12.3. The van der Waals surface area contributed by atoms with E-state index in [-0.39, 0.29) is 0 Å². The number of aliphatic imine (C=N–C) groups is 4. The van der Waals surface area contributed by atoms with Crippen LogP contribution >= 0.6 is 0 Å². The van der Waals surface area contributed by atoms with Crippen LogP contribution in [0.15, 0.2) is 188 Å². The Labute approximate surface area is 326 Å². The maximum Gasteiger partial charge on any atom is 0.127 e. The Balaban J connectivity index is 1.22. The molecule has 6 aromatic carbocycles. The van der Waals surface area contributed by atoms with Crippen molar-refractivity contribution in [3.8, 4) is 23.0 Å². The minimum absolute atomic E-state index is 0.573. The van der Waals surface area contributed by atoms with E-state index in [0.717, 1.165) is 34.4 Å². The Bertz CT molecular complexity index is 2230. The molecule has 276 valence electrons. The van der Waals surface area contributed by atoms with Crippen molar-refractivity contribution < 1.29 is 9.47 Å². The summed E-state index contributed by atoms with van der Waals surface area (Å²) < 4.78 is 11.9. The first-order valence-corrected chi connectivity index (χ1v) is 18.1. The number of nitrogens with zero attached hydrogens (tertiary/aromatic N) is 6. The number of hydrogen-bond donors (Lipinski definition) is 2. The van der Waals surface area contributed by atoms with Gasteiger partial charge in [-0.1, -0.05) is 60.7 Å². The highest BCUT2D eigenvalue weighted by Gasteiger charge is 2.16. The third-order valence-corrected chi connectivity index (χ3v) is 8.55. The average molecular weight is 737 g/mol. The molecule has 0 spiro atoms. The molecule has 0 saturated carbocycles. The Morgan fingerprint density at radius 3 is 0.911 bits per heavy atom. The number of hydrazone groups is 2. The Kier molecular flexibility index (Phi) is 11.6. The second-order valence-corrected chi connectivity index (χ2v) is 12.8. The van der Waals surface area contributed by atoms with Gasteiger partial charge in [-0.2, -0.15) is 10.2 Å². The fourth-order valence-corrected chi connectivity index (χ4v) is 5.77. The summed E-state index contributed by atoms with van der Waals surface area (Å²) in [4.78, 5) is 20.2. The van der Waals surface area contributed by atoms with E-state index in [1.165, 1.54) is 0 Å². The highest BCUT2D eigenvalue weighted by Crippen LogP contribution is 2.31. The summed E-state index contributed by atoms with van der Waals surface area (Å²) in [6.07, 6.45) is 0. The normalized spacial score (nSPS) is 13.0. The molecular formula is C46H40N8O2. The molecule has 0 saturated heterocycles. The van der Waals surface area contributed by atoms with Crippen molar-refractivity contribution >= 4 is 68.4 Å². The van der Waals surface area contributed by atoms with E-state index in [1.54, 1.807) is 0 Å². The van der Waals surface area contributed by atoms with Gasteiger partial charge in [0, 0.05) is 0 Å². The van der Waals surface area contributed by atoms with Crippen molar-refractivity contribution in [2.75, 3.05) is 10.9 Å². The van der Waals surface area contributed by atoms with Gasteiger partial charge in [-0.25, -0.2) is 20.0 Å². The van der Waals surface area contributed by atoms with Crippen LogP contribution < -0.4 is 20.3 Å². The van der Waals surface area contributed by atoms with Crippen LogP contribution in [0, 0.1) is 0 Å². The van der Waals surface area contributed by atoms with Crippen LogP contribution in [-0.2, 0) is 0 Å². The molecule has 6 aromatic rings. The fourth-order valence-electron chi connectivity index (χ4n) is 5.77. The fraction of sp³-hybridized carbons (Fsp3) is 0.0870. The first-order chi connectivity index (χ1) is 27.4. The molecule has 7 rings (SSSR count). The molecule has 0 amide bonds. The second kappa shape index (κ2) is 17.6. The molecule has 1 aliphatic heterocycles. The van der Waals surface area contributed by atoms with E-state index < -0.39 is 0 Å². The van der Waals surface area contributed by atoms with E-state index in [9.17, 15) is 0 Å². The zero-order valence-electron chi connectivity index (χ0n) is 31.5. The molecule has 0 bridgehead atoms. The van der Waals surface area contributed by atoms with Gasteiger partial charge in [0.1, 0.15) is 34.4 Å². The van der Waals surface area contributed by atoms with Gasteiger partial charge in [-0.15, -0.1) is 0 Å². The molecule has 1 heterocycles. The first-order valence-electron chi connectivity index (χ1n) is 18.1. The number of benzene rings is 6. The van der Waals surface area contributed by atoms with Gasteiger partial charge in [0.25, 0.3) is 0 Å². The third kappa shape index (κ3) is 9.55. The lowest BCUT2D eigenvalue weighted by molar-refractivity contribution is 0.482. The van der Waals surface area contributed by atoms with Crippen molar-refractivity contribution in [3.05, 3.63) is 158 Å². The molecule has 0 atom stereocenters. The van der Waals surface area contributed by atoms with Crippen molar-refractivity contribution in [2.24, 2.45) is 30.2 Å². The lowest BCUT2D eigenvalue weighted by Crippen LogP contribution is -2.22. The minimum atomic E-state index is 0.573. The molecule has 0 radical (unpaired) electrons. The summed E-state index contributed by atoms with van der Waals surface area (Å²) in [5.74, 6) is 2.97. The monoisotopic (exact) mass is 736 g/mol. The zero-order chi connectivity index (χ0) is 38.7. The Hall–Kier alpha value is -7.46. The van der Waals surface area contributed by atoms with Gasteiger partial charge in [0.2, 0.25) is 0 Å². The average Bonchev–Trinajstić information content (AvgIpc) is 3.21. The lowest BCUT2D eigenvalue weighted by atomic mass is 10.1.